The monoisotopic (exact) mass is 157 g/mol. The number of allylic oxidation sites excluding steroid dienone is 2. The fraction of sp³-hybridized carbons (Fsp3) is 0.0909. The number of rotatable bonds is 0. The lowest BCUT2D eigenvalue weighted by atomic mass is 10.0. The Balaban J connectivity index is 2.61. The molecule has 0 N–H and O–H groups in total. The Hall–Kier alpha value is -1.50. The number of hydrogen-bond donors (Lipinski definition) is 0. The molecule has 0 radical (unpaired) electrons. The van der Waals surface area contributed by atoms with Crippen LogP contribution < -0.4 is 4.90 Å². The summed E-state index contributed by atoms with van der Waals surface area (Å²) in [6.45, 7) is 3.98. The zero-order valence-electron chi connectivity index (χ0n) is 7.12. The number of hydrogen-bond acceptors (Lipinski definition) is 1. The van der Waals surface area contributed by atoms with E-state index >= 15 is 0 Å². The molecule has 0 spiro atoms. The first kappa shape index (κ1) is 7.17. The van der Waals surface area contributed by atoms with Crippen LogP contribution >= 0.6 is 0 Å². The van der Waals surface area contributed by atoms with Crippen molar-refractivity contribution in [1.82, 2.24) is 0 Å². The molecule has 1 aromatic carbocycles. The summed E-state index contributed by atoms with van der Waals surface area (Å²) in [5.74, 6) is 0. The van der Waals surface area contributed by atoms with Gasteiger partial charge in [0.1, 0.15) is 0 Å². The van der Waals surface area contributed by atoms with E-state index in [2.05, 4.69) is 23.6 Å². The Kier molecular flexibility index (Phi) is 1.51. The van der Waals surface area contributed by atoms with E-state index in [0.29, 0.717) is 0 Å². The number of anilines is 1. The molecule has 60 valence electrons. The molecule has 0 amide bonds. The van der Waals surface area contributed by atoms with Crippen LogP contribution in [-0.4, -0.2) is 7.05 Å². The van der Waals surface area contributed by atoms with Gasteiger partial charge in [0.05, 0.1) is 0 Å². The van der Waals surface area contributed by atoms with Gasteiger partial charge in [-0.05, 0) is 17.7 Å². The summed E-state index contributed by atoms with van der Waals surface area (Å²) < 4.78 is 0. The summed E-state index contributed by atoms with van der Waals surface area (Å²) in [6, 6.07) is 8.28. The molecule has 0 fully saturated rings. The molecule has 0 aromatic heterocycles. The van der Waals surface area contributed by atoms with Gasteiger partial charge in [0.2, 0.25) is 0 Å². The van der Waals surface area contributed by atoms with E-state index in [1.54, 1.807) is 0 Å². The second kappa shape index (κ2) is 2.52. The van der Waals surface area contributed by atoms with Crippen molar-refractivity contribution < 1.29 is 0 Å². The van der Waals surface area contributed by atoms with E-state index in [1.807, 2.05) is 31.5 Å². The molecule has 0 atom stereocenters. The van der Waals surface area contributed by atoms with Crippen molar-refractivity contribution in [2.45, 2.75) is 0 Å². The quantitative estimate of drug-likeness (QED) is 0.559. The highest BCUT2D eigenvalue weighted by atomic mass is 15.1. The molecular weight excluding hydrogens is 146 g/mol. The maximum Gasteiger partial charge on any atom is 0.0482 e. The lowest BCUT2D eigenvalue weighted by Crippen LogP contribution is -2.12. The Bertz CT molecular complexity index is 350. The molecule has 0 saturated heterocycles. The van der Waals surface area contributed by atoms with E-state index < -0.39 is 0 Å². The number of para-hydroxylation sites is 1. The van der Waals surface area contributed by atoms with Crippen LogP contribution in [0.5, 0.6) is 0 Å². The Morgan fingerprint density at radius 1 is 1.25 bits per heavy atom. The average molecular weight is 157 g/mol. The largest absolute Gasteiger partial charge is 0.351 e. The third-order valence-corrected chi connectivity index (χ3v) is 2.13. The Labute approximate surface area is 72.6 Å². The van der Waals surface area contributed by atoms with Crippen LogP contribution in [-0.2, 0) is 0 Å². The fourth-order valence-electron chi connectivity index (χ4n) is 1.42. The summed E-state index contributed by atoms with van der Waals surface area (Å²) in [4.78, 5) is 2.10. The van der Waals surface area contributed by atoms with E-state index in [1.165, 1.54) is 11.3 Å². The third kappa shape index (κ3) is 0.944. The van der Waals surface area contributed by atoms with E-state index in [9.17, 15) is 0 Å². The smallest absolute Gasteiger partial charge is 0.0482 e. The Morgan fingerprint density at radius 2 is 2.00 bits per heavy atom. The zero-order valence-corrected chi connectivity index (χ0v) is 7.12. The molecule has 0 bridgehead atoms. The standard InChI is InChI=1S/C11H11N/c1-9-7-8-12(2)11-6-4-3-5-10(9)11/h3-8H,1H2,2H3. The number of nitrogens with zero attached hydrogens (tertiary/aromatic N) is 1. The van der Waals surface area contributed by atoms with Crippen molar-refractivity contribution in [2.75, 3.05) is 11.9 Å². The second-order valence-electron chi connectivity index (χ2n) is 2.97. The van der Waals surface area contributed by atoms with Crippen LogP contribution in [0, 0.1) is 0 Å². The number of benzene rings is 1. The van der Waals surface area contributed by atoms with Crippen LogP contribution in [0.4, 0.5) is 5.69 Å². The Morgan fingerprint density at radius 3 is 2.75 bits per heavy atom. The maximum absolute atomic E-state index is 3.98. The van der Waals surface area contributed by atoms with Crippen molar-refractivity contribution in [3.63, 3.8) is 0 Å². The highest BCUT2D eigenvalue weighted by Crippen LogP contribution is 2.29. The van der Waals surface area contributed by atoms with Gasteiger partial charge in [0, 0.05) is 24.5 Å². The minimum Gasteiger partial charge on any atom is -0.351 e. The van der Waals surface area contributed by atoms with Crippen LogP contribution in [0.1, 0.15) is 5.56 Å². The molecular formula is C11H11N. The van der Waals surface area contributed by atoms with Crippen molar-refractivity contribution in [2.24, 2.45) is 0 Å². The maximum atomic E-state index is 3.98. The van der Waals surface area contributed by atoms with Crippen LogP contribution in [0.25, 0.3) is 5.57 Å². The summed E-state index contributed by atoms with van der Waals surface area (Å²) >= 11 is 0. The molecule has 0 unspecified atom stereocenters. The summed E-state index contributed by atoms with van der Waals surface area (Å²) in [5.41, 5.74) is 3.54. The van der Waals surface area contributed by atoms with E-state index in [-0.39, 0.29) is 0 Å². The van der Waals surface area contributed by atoms with Gasteiger partial charge in [0.15, 0.2) is 0 Å². The lowest BCUT2D eigenvalue weighted by molar-refractivity contribution is 1.18. The molecule has 1 aliphatic heterocycles. The molecule has 1 heteroatoms. The molecule has 1 heterocycles. The van der Waals surface area contributed by atoms with E-state index in [4.69, 9.17) is 0 Å². The highest BCUT2D eigenvalue weighted by Gasteiger charge is 2.09. The molecule has 0 saturated carbocycles. The fourth-order valence-corrected chi connectivity index (χ4v) is 1.42. The second-order valence-corrected chi connectivity index (χ2v) is 2.97. The van der Waals surface area contributed by atoms with Crippen LogP contribution in [0.15, 0.2) is 43.1 Å². The highest BCUT2D eigenvalue weighted by molar-refractivity contribution is 5.84. The first-order valence-corrected chi connectivity index (χ1v) is 3.98. The molecule has 1 aliphatic rings. The summed E-state index contributed by atoms with van der Waals surface area (Å²) in [6.07, 6.45) is 4.06. The van der Waals surface area contributed by atoms with Gasteiger partial charge >= 0.3 is 0 Å². The van der Waals surface area contributed by atoms with Crippen molar-refractivity contribution >= 4 is 11.3 Å². The topological polar surface area (TPSA) is 3.24 Å². The molecule has 1 aromatic rings. The zero-order chi connectivity index (χ0) is 8.55. The van der Waals surface area contributed by atoms with Crippen molar-refractivity contribution in [3.8, 4) is 0 Å². The summed E-state index contributed by atoms with van der Waals surface area (Å²) in [7, 11) is 2.04. The predicted octanol–water partition coefficient (Wildman–Crippen LogP) is 2.66. The molecule has 1 nitrogen and oxygen atoms in total. The van der Waals surface area contributed by atoms with Gasteiger partial charge in [-0.3, -0.25) is 0 Å². The first-order chi connectivity index (χ1) is 5.79. The first-order valence-electron chi connectivity index (χ1n) is 3.98. The normalized spacial score (nSPS) is 14.8. The van der Waals surface area contributed by atoms with Crippen LogP contribution in [0.2, 0.25) is 0 Å². The molecule has 12 heavy (non-hydrogen) atoms. The third-order valence-electron chi connectivity index (χ3n) is 2.13. The number of fused-ring (bicyclic) bond motifs is 1. The van der Waals surface area contributed by atoms with Crippen LogP contribution in [0.3, 0.4) is 0 Å². The summed E-state index contributed by atoms with van der Waals surface area (Å²) in [5, 5.41) is 0. The van der Waals surface area contributed by atoms with E-state index in [0.717, 1.165) is 5.57 Å². The minimum atomic E-state index is 1.09. The van der Waals surface area contributed by atoms with Crippen molar-refractivity contribution in [3.05, 3.63) is 48.7 Å². The van der Waals surface area contributed by atoms with Crippen molar-refractivity contribution in [1.29, 1.82) is 0 Å². The van der Waals surface area contributed by atoms with Gasteiger partial charge < -0.3 is 4.90 Å². The van der Waals surface area contributed by atoms with Gasteiger partial charge in [-0.2, -0.15) is 0 Å². The van der Waals surface area contributed by atoms with Gasteiger partial charge in [-0.25, -0.2) is 0 Å². The SMILES string of the molecule is C=C1C=CN(C)c2ccccc21. The minimum absolute atomic E-state index is 1.09. The lowest BCUT2D eigenvalue weighted by Gasteiger charge is -2.22. The molecule has 2 rings (SSSR count). The predicted molar refractivity (Wildman–Crippen MR) is 53.0 cm³/mol. The molecule has 0 aliphatic carbocycles. The average Bonchev–Trinajstić information content (AvgIpc) is 2.12. The van der Waals surface area contributed by atoms with Gasteiger partial charge in [-0.15, -0.1) is 0 Å². The van der Waals surface area contributed by atoms with Gasteiger partial charge in [-0.1, -0.05) is 24.8 Å². The van der Waals surface area contributed by atoms with Gasteiger partial charge in [0.25, 0.3) is 0 Å².